The number of nitrogens with one attached hydrogen (secondary N) is 2. The number of rotatable bonds is 6. The van der Waals surface area contributed by atoms with Crippen molar-refractivity contribution in [2.45, 2.75) is 32.2 Å². The maximum absolute atomic E-state index is 5.52. The number of hydrogen-bond acceptors (Lipinski definition) is 3. The molecule has 0 bridgehead atoms. The molecule has 0 saturated heterocycles. The third-order valence-corrected chi connectivity index (χ3v) is 3.45. The van der Waals surface area contributed by atoms with Crippen LogP contribution in [0.25, 0.3) is 0 Å². The lowest BCUT2D eigenvalue weighted by molar-refractivity contribution is 0.146. The Morgan fingerprint density at radius 3 is 2.65 bits per heavy atom. The first kappa shape index (κ1) is 14.8. The molecule has 0 atom stereocenters. The summed E-state index contributed by atoms with van der Waals surface area (Å²) in [6, 6.07) is 8.92. The molecule has 1 aromatic rings. The molecule has 20 heavy (non-hydrogen) atoms. The smallest absolute Gasteiger partial charge is 0.205 e. The van der Waals surface area contributed by atoms with Crippen LogP contribution in [0.15, 0.2) is 29.3 Å². The Bertz CT molecular complexity index is 422. The summed E-state index contributed by atoms with van der Waals surface area (Å²) in [7, 11) is 0. The Kier molecular flexibility index (Phi) is 5.83. The fourth-order valence-corrected chi connectivity index (χ4v) is 2.49. The summed E-state index contributed by atoms with van der Waals surface area (Å²) in [6.45, 7) is 4.21. The van der Waals surface area contributed by atoms with Gasteiger partial charge >= 0.3 is 0 Å². The van der Waals surface area contributed by atoms with Crippen LogP contribution in [0.4, 0.5) is 0 Å². The van der Waals surface area contributed by atoms with Crippen molar-refractivity contribution in [3.8, 4) is 0 Å². The lowest BCUT2D eigenvalue weighted by atomic mass is 10.1. The zero-order chi connectivity index (χ0) is 14.2. The molecule has 0 fully saturated rings. The number of nitrogens with zero attached hydrogens (tertiary/aromatic N) is 1. The summed E-state index contributed by atoms with van der Waals surface area (Å²) in [6.07, 6.45) is 2.96. The number of benzene rings is 1. The van der Waals surface area contributed by atoms with Crippen LogP contribution in [0.2, 0.25) is 0 Å². The van der Waals surface area contributed by atoms with Crippen molar-refractivity contribution >= 4 is 5.96 Å². The lowest BCUT2D eigenvalue weighted by Crippen LogP contribution is -2.46. The Hall–Kier alpha value is -1.59. The molecule has 0 aliphatic heterocycles. The highest BCUT2D eigenvalue weighted by Gasteiger charge is 2.21. The van der Waals surface area contributed by atoms with E-state index in [1.807, 2.05) is 6.92 Å². The number of ether oxygens (including phenoxy) is 1. The molecule has 1 aliphatic rings. The number of fused-ring (bicyclic) bond motifs is 1. The number of nitrogens with two attached hydrogens (primary N) is 1. The summed E-state index contributed by atoms with van der Waals surface area (Å²) in [4.78, 5) is 4.43. The van der Waals surface area contributed by atoms with Crippen LogP contribution < -0.4 is 16.6 Å². The van der Waals surface area contributed by atoms with E-state index in [1.54, 1.807) is 0 Å². The fourth-order valence-electron chi connectivity index (χ4n) is 2.49. The maximum Gasteiger partial charge on any atom is 0.205 e. The highest BCUT2D eigenvalue weighted by molar-refractivity contribution is 5.79. The van der Waals surface area contributed by atoms with Gasteiger partial charge in [0, 0.05) is 25.8 Å². The largest absolute Gasteiger partial charge is 0.382 e. The normalized spacial score (nSPS) is 15.2. The number of aliphatic imine (C=N–C) groups is 1. The van der Waals surface area contributed by atoms with Crippen molar-refractivity contribution in [2.75, 3.05) is 19.8 Å². The SMILES string of the molecule is CCOCCCN=C(NN)NC1Cc2ccccc2C1. The summed E-state index contributed by atoms with van der Waals surface area (Å²) < 4.78 is 5.28. The third kappa shape index (κ3) is 4.21. The van der Waals surface area contributed by atoms with Crippen molar-refractivity contribution in [1.82, 2.24) is 10.7 Å². The van der Waals surface area contributed by atoms with Gasteiger partial charge in [-0.3, -0.25) is 10.4 Å². The first-order valence-corrected chi connectivity index (χ1v) is 7.25. The third-order valence-electron chi connectivity index (χ3n) is 3.45. The molecule has 0 unspecified atom stereocenters. The molecule has 1 aromatic carbocycles. The summed E-state index contributed by atoms with van der Waals surface area (Å²) in [5, 5.41) is 3.38. The zero-order valence-electron chi connectivity index (χ0n) is 12.1. The Labute approximate surface area is 120 Å². The van der Waals surface area contributed by atoms with Gasteiger partial charge in [0.15, 0.2) is 0 Å². The van der Waals surface area contributed by atoms with Gasteiger partial charge in [-0.1, -0.05) is 24.3 Å². The van der Waals surface area contributed by atoms with Crippen molar-refractivity contribution in [3.63, 3.8) is 0 Å². The Balaban J connectivity index is 1.78. The molecule has 0 amide bonds. The highest BCUT2D eigenvalue weighted by atomic mass is 16.5. The summed E-state index contributed by atoms with van der Waals surface area (Å²) >= 11 is 0. The summed E-state index contributed by atoms with van der Waals surface area (Å²) in [5.74, 6) is 6.19. The Morgan fingerprint density at radius 1 is 1.35 bits per heavy atom. The van der Waals surface area contributed by atoms with Gasteiger partial charge in [-0.25, -0.2) is 5.84 Å². The second-order valence-corrected chi connectivity index (χ2v) is 4.94. The van der Waals surface area contributed by atoms with Gasteiger partial charge in [0.05, 0.1) is 0 Å². The minimum Gasteiger partial charge on any atom is -0.382 e. The van der Waals surface area contributed by atoms with Gasteiger partial charge < -0.3 is 10.1 Å². The standard InChI is InChI=1S/C15H24N4O/c1-2-20-9-5-8-17-15(19-16)18-14-10-12-6-3-4-7-13(12)11-14/h3-4,6-7,14H,2,5,8-11,16H2,1H3,(H2,17,18,19). The van der Waals surface area contributed by atoms with E-state index < -0.39 is 0 Å². The number of guanidine groups is 1. The number of hydrazine groups is 1. The fraction of sp³-hybridized carbons (Fsp3) is 0.533. The first-order valence-electron chi connectivity index (χ1n) is 7.25. The van der Waals surface area contributed by atoms with Crippen molar-refractivity contribution in [1.29, 1.82) is 0 Å². The van der Waals surface area contributed by atoms with Crippen LogP contribution >= 0.6 is 0 Å². The van der Waals surface area contributed by atoms with Crippen LogP contribution in [0, 0.1) is 0 Å². The average molecular weight is 276 g/mol. The van der Waals surface area contributed by atoms with E-state index in [-0.39, 0.29) is 0 Å². The predicted molar refractivity (Wildman–Crippen MR) is 81.5 cm³/mol. The van der Waals surface area contributed by atoms with E-state index >= 15 is 0 Å². The minimum absolute atomic E-state index is 0.370. The second-order valence-electron chi connectivity index (χ2n) is 4.94. The molecule has 0 aromatic heterocycles. The van der Waals surface area contributed by atoms with Crippen molar-refractivity contribution in [3.05, 3.63) is 35.4 Å². The summed E-state index contributed by atoms with van der Waals surface area (Å²) in [5.41, 5.74) is 5.47. The highest BCUT2D eigenvalue weighted by Crippen LogP contribution is 2.21. The van der Waals surface area contributed by atoms with E-state index in [9.17, 15) is 0 Å². The van der Waals surface area contributed by atoms with E-state index in [2.05, 4.69) is 40.0 Å². The van der Waals surface area contributed by atoms with Gasteiger partial charge in [0.2, 0.25) is 5.96 Å². The molecule has 110 valence electrons. The molecule has 0 spiro atoms. The minimum atomic E-state index is 0.370. The van der Waals surface area contributed by atoms with Crippen molar-refractivity contribution < 1.29 is 4.74 Å². The van der Waals surface area contributed by atoms with E-state index in [1.165, 1.54) is 11.1 Å². The molecule has 0 saturated carbocycles. The average Bonchev–Trinajstić information content (AvgIpc) is 2.88. The second kappa shape index (κ2) is 7.87. The van der Waals surface area contributed by atoms with Crippen LogP contribution in [0.5, 0.6) is 0 Å². The molecule has 5 heteroatoms. The first-order chi connectivity index (χ1) is 9.83. The topological polar surface area (TPSA) is 71.7 Å². The van der Waals surface area contributed by atoms with E-state index in [0.717, 1.165) is 32.5 Å². The quantitative estimate of drug-likeness (QED) is 0.238. The monoisotopic (exact) mass is 276 g/mol. The van der Waals surface area contributed by atoms with Crippen LogP contribution in [-0.4, -0.2) is 31.8 Å². The van der Waals surface area contributed by atoms with Gasteiger partial charge in [-0.15, -0.1) is 0 Å². The van der Waals surface area contributed by atoms with E-state index in [4.69, 9.17) is 10.6 Å². The molecular weight excluding hydrogens is 252 g/mol. The van der Waals surface area contributed by atoms with Gasteiger partial charge in [0.1, 0.15) is 0 Å². The molecule has 1 aliphatic carbocycles. The van der Waals surface area contributed by atoms with Crippen LogP contribution in [-0.2, 0) is 17.6 Å². The van der Waals surface area contributed by atoms with Crippen molar-refractivity contribution in [2.24, 2.45) is 10.8 Å². The number of hydrogen-bond donors (Lipinski definition) is 3. The molecule has 4 N–H and O–H groups in total. The van der Waals surface area contributed by atoms with Crippen LogP contribution in [0.1, 0.15) is 24.5 Å². The zero-order valence-corrected chi connectivity index (χ0v) is 12.1. The molecule has 5 nitrogen and oxygen atoms in total. The Morgan fingerprint density at radius 2 is 2.05 bits per heavy atom. The maximum atomic E-state index is 5.52. The molecule has 2 rings (SSSR count). The van der Waals surface area contributed by atoms with Gasteiger partial charge in [-0.2, -0.15) is 0 Å². The molecular formula is C15H24N4O. The van der Waals surface area contributed by atoms with Gasteiger partial charge in [-0.05, 0) is 37.3 Å². The van der Waals surface area contributed by atoms with Crippen LogP contribution in [0.3, 0.4) is 0 Å². The molecule has 0 radical (unpaired) electrons. The lowest BCUT2D eigenvalue weighted by Gasteiger charge is -2.15. The van der Waals surface area contributed by atoms with E-state index in [0.29, 0.717) is 18.5 Å². The van der Waals surface area contributed by atoms with Gasteiger partial charge in [0.25, 0.3) is 0 Å². The predicted octanol–water partition coefficient (Wildman–Crippen LogP) is 0.989. The molecule has 0 heterocycles.